The van der Waals surface area contributed by atoms with Crippen LogP contribution < -0.4 is 0 Å². The molecule has 1 aromatic heterocycles. The van der Waals surface area contributed by atoms with Crippen LogP contribution in [0.3, 0.4) is 0 Å². The van der Waals surface area contributed by atoms with Gasteiger partial charge < -0.3 is 14.2 Å². The molecular formula is C13H20N4O2. The van der Waals surface area contributed by atoms with Gasteiger partial charge in [-0.3, -0.25) is 9.69 Å². The van der Waals surface area contributed by atoms with E-state index in [2.05, 4.69) is 16.9 Å². The molecule has 6 heteroatoms. The Labute approximate surface area is 113 Å². The Morgan fingerprint density at radius 3 is 3.00 bits per heavy atom. The molecule has 0 radical (unpaired) electrons. The van der Waals surface area contributed by atoms with Crippen LogP contribution in [0, 0.1) is 0 Å². The lowest BCUT2D eigenvalue weighted by Gasteiger charge is -2.45. The average molecular weight is 264 g/mol. The van der Waals surface area contributed by atoms with E-state index in [0.29, 0.717) is 11.7 Å². The number of likely N-dealkylation sites (N-methyl/N-ethyl adjacent to an activating group) is 1. The third-order valence-corrected chi connectivity index (χ3v) is 4.07. The molecule has 0 saturated carbocycles. The summed E-state index contributed by atoms with van der Waals surface area (Å²) in [5, 5.41) is 0. The van der Waals surface area contributed by atoms with E-state index in [-0.39, 0.29) is 12.0 Å². The van der Waals surface area contributed by atoms with Crippen molar-refractivity contribution >= 4 is 5.91 Å². The van der Waals surface area contributed by atoms with Crippen molar-refractivity contribution in [3.8, 4) is 0 Å². The summed E-state index contributed by atoms with van der Waals surface area (Å²) in [5.41, 5.74) is 0.528. The lowest BCUT2D eigenvalue weighted by Crippen LogP contribution is -2.59. The Morgan fingerprint density at radius 2 is 2.26 bits per heavy atom. The highest BCUT2D eigenvalue weighted by Gasteiger charge is 2.37. The molecule has 0 aliphatic carbocycles. The van der Waals surface area contributed by atoms with Gasteiger partial charge in [0.05, 0.1) is 25.1 Å². The molecular weight excluding hydrogens is 244 g/mol. The zero-order valence-electron chi connectivity index (χ0n) is 11.5. The Morgan fingerprint density at radius 1 is 1.42 bits per heavy atom. The Hall–Kier alpha value is -1.40. The van der Waals surface area contributed by atoms with E-state index in [1.807, 2.05) is 11.9 Å². The van der Waals surface area contributed by atoms with Gasteiger partial charge in [-0.05, 0) is 13.5 Å². The number of hydrogen-bond acceptors (Lipinski definition) is 4. The van der Waals surface area contributed by atoms with E-state index in [1.54, 1.807) is 17.1 Å². The zero-order valence-corrected chi connectivity index (χ0v) is 11.5. The zero-order chi connectivity index (χ0) is 13.4. The number of morpholine rings is 1. The predicted octanol–water partition coefficient (Wildman–Crippen LogP) is -0.0348. The molecule has 19 heavy (non-hydrogen) atoms. The van der Waals surface area contributed by atoms with E-state index in [9.17, 15) is 4.79 Å². The summed E-state index contributed by atoms with van der Waals surface area (Å²) in [6.07, 6.45) is 4.62. The Kier molecular flexibility index (Phi) is 3.28. The monoisotopic (exact) mass is 264 g/mol. The molecule has 104 valence electrons. The second kappa shape index (κ2) is 4.94. The second-order valence-electron chi connectivity index (χ2n) is 5.42. The summed E-state index contributed by atoms with van der Waals surface area (Å²) in [6.45, 7) is 3.22. The fraction of sp³-hybridized carbons (Fsp3) is 0.692. The SMILES string of the molecule is CN1CCO[C@@H]2CCN(C(=O)c3cn(C)cn3)C[C@H]21. The van der Waals surface area contributed by atoms with Gasteiger partial charge in [0.2, 0.25) is 0 Å². The molecule has 1 amide bonds. The van der Waals surface area contributed by atoms with E-state index >= 15 is 0 Å². The minimum Gasteiger partial charge on any atom is -0.375 e. The molecule has 3 heterocycles. The normalized spacial score (nSPS) is 28.2. The maximum absolute atomic E-state index is 12.4. The third kappa shape index (κ3) is 2.37. The van der Waals surface area contributed by atoms with Gasteiger partial charge in [0.15, 0.2) is 0 Å². The minimum atomic E-state index is 0.0259. The minimum absolute atomic E-state index is 0.0259. The first-order valence-corrected chi connectivity index (χ1v) is 6.74. The number of likely N-dealkylation sites (tertiary alicyclic amines) is 1. The van der Waals surface area contributed by atoms with Crippen molar-refractivity contribution in [2.75, 3.05) is 33.3 Å². The van der Waals surface area contributed by atoms with E-state index in [4.69, 9.17) is 4.74 Å². The van der Waals surface area contributed by atoms with Crippen LogP contribution >= 0.6 is 0 Å². The molecule has 2 aliphatic heterocycles. The number of aromatic nitrogens is 2. The quantitative estimate of drug-likeness (QED) is 0.714. The van der Waals surface area contributed by atoms with Crippen LogP contribution in [0.4, 0.5) is 0 Å². The van der Waals surface area contributed by atoms with Crippen molar-refractivity contribution in [1.82, 2.24) is 19.4 Å². The Balaban J connectivity index is 1.71. The van der Waals surface area contributed by atoms with Crippen LogP contribution in [0.15, 0.2) is 12.5 Å². The van der Waals surface area contributed by atoms with Crippen LogP contribution in [0.1, 0.15) is 16.9 Å². The summed E-state index contributed by atoms with van der Waals surface area (Å²) in [5.74, 6) is 0.0259. The first kappa shape index (κ1) is 12.6. The van der Waals surface area contributed by atoms with Crippen LogP contribution in [0.2, 0.25) is 0 Å². The third-order valence-electron chi connectivity index (χ3n) is 4.07. The van der Waals surface area contributed by atoms with Crippen LogP contribution in [-0.4, -0.2) is 70.7 Å². The highest BCUT2D eigenvalue weighted by atomic mass is 16.5. The first-order chi connectivity index (χ1) is 9.15. The van der Waals surface area contributed by atoms with E-state index < -0.39 is 0 Å². The largest absolute Gasteiger partial charge is 0.375 e. The van der Waals surface area contributed by atoms with Gasteiger partial charge in [0.1, 0.15) is 5.69 Å². The smallest absolute Gasteiger partial charge is 0.274 e. The molecule has 2 saturated heterocycles. The van der Waals surface area contributed by atoms with Gasteiger partial charge in [0.25, 0.3) is 5.91 Å². The standard InChI is InChI=1S/C13H20N4O2/c1-15-7-10(14-9-15)13(18)17-4-3-12-11(8-17)16(2)5-6-19-12/h7,9,11-12H,3-6,8H2,1-2H3/t11-,12-/m1/s1. The van der Waals surface area contributed by atoms with Crippen molar-refractivity contribution < 1.29 is 9.53 Å². The number of fused-ring (bicyclic) bond motifs is 1. The maximum Gasteiger partial charge on any atom is 0.274 e. The highest BCUT2D eigenvalue weighted by Crippen LogP contribution is 2.22. The number of rotatable bonds is 1. The lowest BCUT2D eigenvalue weighted by molar-refractivity contribution is -0.0894. The molecule has 0 spiro atoms. The van der Waals surface area contributed by atoms with Crippen molar-refractivity contribution in [2.24, 2.45) is 7.05 Å². The molecule has 2 fully saturated rings. The Bertz CT molecular complexity index is 473. The number of carbonyl (C=O) groups is 1. The number of ether oxygens (including phenoxy) is 1. The fourth-order valence-electron chi connectivity index (χ4n) is 2.91. The second-order valence-corrected chi connectivity index (χ2v) is 5.42. The van der Waals surface area contributed by atoms with Crippen molar-refractivity contribution in [1.29, 1.82) is 0 Å². The molecule has 1 aromatic rings. The van der Waals surface area contributed by atoms with Gasteiger partial charge in [-0.1, -0.05) is 0 Å². The van der Waals surface area contributed by atoms with Gasteiger partial charge in [-0.15, -0.1) is 0 Å². The summed E-state index contributed by atoms with van der Waals surface area (Å²) >= 11 is 0. The molecule has 0 bridgehead atoms. The molecule has 2 aliphatic rings. The molecule has 0 aromatic carbocycles. The van der Waals surface area contributed by atoms with Gasteiger partial charge in [0, 0.05) is 32.9 Å². The van der Waals surface area contributed by atoms with E-state index in [1.165, 1.54) is 0 Å². The highest BCUT2D eigenvalue weighted by molar-refractivity contribution is 5.92. The summed E-state index contributed by atoms with van der Waals surface area (Å²) < 4.78 is 7.59. The first-order valence-electron chi connectivity index (χ1n) is 6.74. The number of carbonyl (C=O) groups excluding carboxylic acids is 1. The molecule has 0 unspecified atom stereocenters. The van der Waals surface area contributed by atoms with Gasteiger partial charge in [-0.25, -0.2) is 4.98 Å². The molecule has 3 rings (SSSR count). The number of hydrogen-bond donors (Lipinski definition) is 0. The number of piperidine rings is 1. The molecule has 0 N–H and O–H groups in total. The number of nitrogens with zero attached hydrogens (tertiary/aromatic N) is 4. The number of imidazole rings is 1. The molecule has 2 atom stereocenters. The van der Waals surface area contributed by atoms with Gasteiger partial charge in [-0.2, -0.15) is 0 Å². The maximum atomic E-state index is 12.4. The van der Waals surface area contributed by atoms with Crippen molar-refractivity contribution in [2.45, 2.75) is 18.6 Å². The predicted molar refractivity (Wildman–Crippen MR) is 69.9 cm³/mol. The van der Waals surface area contributed by atoms with Crippen LogP contribution in [0.25, 0.3) is 0 Å². The summed E-state index contributed by atoms with van der Waals surface area (Å²) in [6, 6.07) is 0.315. The van der Waals surface area contributed by atoms with Crippen molar-refractivity contribution in [3.05, 3.63) is 18.2 Å². The number of aryl methyl sites for hydroxylation is 1. The average Bonchev–Trinajstić information content (AvgIpc) is 2.85. The topological polar surface area (TPSA) is 50.6 Å². The lowest BCUT2D eigenvalue weighted by atomic mass is 9.99. The van der Waals surface area contributed by atoms with Crippen LogP contribution in [-0.2, 0) is 11.8 Å². The summed E-state index contributed by atoms with van der Waals surface area (Å²) in [4.78, 5) is 20.7. The van der Waals surface area contributed by atoms with Crippen LogP contribution in [0.5, 0.6) is 0 Å². The molecule has 6 nitrogen and oxygen atoms in total. The van der Waals surface area contributed by atoms with Gasteiger partial charge >= 0.3 is 0 Å². The summed E-state index contributed by atoms with van der Waals surface area (Å²) in [7, 11) is 3.98. The fourth-order valence-corrected chi connectivity index (χ4v) is 2.91. The van der Waals surface area contributed by atoms with E-state index in [0.717, 1.165) is 32.7 Å². The number of amides is 1. The van der Waals surface area contributed by atoms with Crippen molar-refractivity contribution in [3.63, 3.8) is 0 Å².